The molecule has 6 heteroatoms. The van der Waals surface area contributed by atoms with E-state index in [0.29, 0.717) is 12.3 Å². The monoisotopic (exact) mass is 466 g/mol. The number of benzene rings is 1. The molecule has 2 fully saturated rings. The molecular weight excluding hydrogens is 428 g/mol. The minimum absolute atomic E-state index is 0.172. The number of hydrogen-bond donors (Lipinski definition) is 1. The third kappa shape index (κ3) is 4.43. The van der Waals surface area contributed by atoms with E-state index in [1.807, 2.05) is 0 Å². The van der Waals surface area contributed by atoms with Gasteiger partial charge in [0.05, 0.1) is 6.54 Å². The zero-order valence-corrected chi connectivity index (χ0v) is 21.0. The lowest BCUT2D eigenvalue weighted by atomic mass is 9.83. The van der Waals surface area contributed by atoms with Crippen molar-refractivity contribution in [2.24, 2.45) is 4.99 Å². The summed E-state index contributed by atoms with van der Waals surface area (Å²) >= 11 is 1.78. The van der Waals surface area contributed by atoms with Crippen LogP contribution in [0.15, 0.2) is 41.0 Å². The van der Waals surface area contributed by atoms with E-state index in [4.69, 9.17) is 4.99 Å². The fraction of sp³-hybridized carbons (Fsp3) is 0.630. The number of hydrogen-bond acceptors (Lipinski definition) is 5. The van der Waals surface area contributed by atoms with Crippen LogP contribution in [0.1, 0.15) is 69.4 Å². The van der Waals surface area contributed by atoms with E-state index in [1.54, 1.807) is 11.8 Å². The summed E-state index contributed by atoms with van der Waals surface area (Å²) in [6.45, 7) is 7.15. The van der Waals surface area contributed by atoms with Gasteiger partial charge in [-0.1, -0.05) is 67.3 Å². The SMILES string of the molecule is Cc1ccc(C2(C(=O)NC3CCCCCC3)CSC(N3CCCC3)=NCC3=CC(C)N32)cc1. The fourth-order valence-corrected chi connectivity index (χ4v) is 7.25. The number of amides is 1. The lowest BCUT2D eigenvalue weighted by Crippen LogP contribution is -2.64. The number of rotatable bonds is 3. The fourth-order valence-electron chi connectivity index (χ4n) is 5.95. The molecule has 0 bridgehead atoms. The average Bonchev–Trinajstić information content (AvgIpc) is 3.21. The average molecular weight is 467 g/mol. The maximum absolute atomic E-state index is 14.4. The maximum atomic E-state index is 14.4. The zero-order valence-electron chi connectivity index (χ0n) is 20.2. The number of aryl methyl sites for hydroxylation is 1. The zero-order chi connectivity index (χ0) is 22.8. The van der Waals surface area contributed by atoms with Gasteiger partial charge >= 0.3 is 0 Å². The summed E-state index contributed by atoms with van der Waals surface area (Å²) in [7, 11) is 0. The summed E-state index contributed by atoms with van der Waals surface area (Å²) in [6, 6.07) is 9.18. The molecule has 1 N–H and O–H groups in total. The first-order chi connectivity index (χ1) is 16.1. The van der Waals surface area contributed by atoms with Crippen LogP contribution in [0.5, 0.6) is 0 Å². The lowest BCUT2D eigenvalue weighted by Gasteiger charge is -2.53. The van der Waals surface area contributed by atoms with E-state index >= 15 is 0 Å². The molecule has 33 heavy (non-hydrogen) atoms. The van der Waals surface area contributed by atoms with Gasteiger partial charge in [0.25, 0.3) is 5.91 Å². The van der Waals surface area contributed by atoms with Gasteiger partial charge in [-0.05, 0) is 51.2 Å². The minimum Gasteiger partial charge on any atom is -0.351 e. The van der Waals surface area contributed by atoms with Crippen LogP contribution >= 0.6 is 11.8 Å². The van der Waals surface area contributed by atoms with E-state index in [1.165, 1.54) is 49.8 Å². The quantitative estimate of drug-likeness (QED) is 0.649. The summed E-state index contributed by atoms with van der Waals surface area (Å²) in [5.41, 5.74) is 2.81. The number of carbonyl (C=O) groups is 1. The van der Waals surface area contributed by atoms with Crippen LogP contribution in [0.4, 0.5) is 0 Å². The number of fused-ring (bicyclic) bond motifs is 1. The molecule has 1 aromatic carbocycles. The highest BCUT2D eigenvalue weighted by molar-refractivity contribution is 8.13. The molecule has 0 radical (unpaired) electrons. The van der Waals surface area contributed by atoms with Gasteiger partial charge in [0.1, 0.15) is 0 Å². The normalized spacial score (nSPS) is 28.6. The Balaban J connectivity index is 1.53. The maximum Gasteiger partial charge on any atom is 0.251 e. The van der Waals surface area contributed by atoms with E-state index < -0.39 is 5.54 Å². The molecular formula is C27H38N4OS. The Labute approximate surface area is 203 Å². The molecule has 1 amide bonds. The molecule has 1 aliphatic carbocycles. The van der Waals surface area contributed by atoms with Crippen molar-refractivity contribution in [1.29, 1.82) is 0 Å². The van der Waals surface area contributed by atoms with Crippen LogP contribution in [-0.2, 0) is 10.3 Å². The number of thioether (sulfide) groups is 1. The summed E-state index contributed by atoms with van der Waals surface area (Å²) in [4.78, 5) is 24.2. The van der Waals surface area contributed by atoms with E-state index in [0.717, 1.165) is 36.7 Å². The van der Waals surface area contributed by atoms with Crippen LogP contribution in [-0.4, -0.2) is 58.3 Å². The van der Waals surface area contributed by atoms with Crippen LogP contribution < -0.4 is 5.32 Å². The van der Waals surface area contributed by atoms with Crippen molar-refractivity contribution in [3.05, 3.63) is 47.2 Å². The van der Waals surface area contributed by atoms with Gasteiger partial charge < -0.3 is 15.1 Å². The van der Waals surface area contributed by atoms with Gasteiger partial charge in [-0.15, -0.1) is 0 Å². The number of nitrogens with one attached hydrogen (secondary N) is 1. The largest absolute Gasteiger partial charge is 0.351 e. The Bertz CT molecular complexity index is 913. The van der Waals surface area contributed by atoms with Crippen LogP contribution in [0.25, 0.3) is 0 Å². The van der Waals surface area contributed by atoms with Crippen molar-refractivity contribution in [1.82, 2.24) is 15.1 Å². The van der Waals surface area contributed by atoms with Crippen molar-refractivity contribution in [3.63, 3.8) is 0 Å². The topological polar surface area (TPSA) is 47.9 Å². The number of likely N-dealkylation sites (tertiary alicyclic amines) is 1. The van der Waals surface area contributed by atoms with Gasteiger partial charge in [0, 0.05) is 36.6 Å². The van der Waals surface area contributed by atoms with Crippen LogP contribution in [0.2, 0.25) is 0 Å². The molecule has 1 saturated heterocycles. The molecule has 1 aromatic rings. The smallest absolute Gasteiger partial charge is 0.251 e. The van der Waals surface area contributed by atoms with Crippen molar-refractivity contribution >= 4 is 22.8 Å². The summed E-state index contributed by atoms with van der Waals surface area (Å²) < 4.78 is 0. The van der Waals surface area contributed by atoms with E-state index in [2.05, 4.69) is 59.3 Å². The second kappa shape index (κ2) is 9.73. The van der Waals surface area contributed by atoms with Gasteiger partial charge in [0.2, 0.25) is 0 Å². The number of carbonyl (C=O) groups excluding carboxylic acids is 1. The third-order valence-corrected chi connectivity index (χ3v) is 9.03. The number of amidine groups is 1. The Morgan fingerprint density at radius 1 is 1.06 bits per heavy atom. The van der Waals surface area contributed by atoms with Gasteiger partial charge in [0.15, 0.2) is 10.7 Å². The van der Waals surface area contributed by atoms with Crippen molar-refractivity contribution in [2.75, 3.05) is 25.4 Å². The number of aliphatic imine (C=N–C) groups is 1. The predicted molar refractivity (Wildman–Crippen MR) is 137 cm³/mol. The lowest BCUT2D eigenvalue weighted by molar-refractivity contribution is -0.134. The Morgan fingerprint density at radius 2 is 1.76 bits per heavy atom. The highest BCUT2D eigenvalue weighted by Crippen LogP contribution is 2.44. The molecule has 1 saturated carbocycles. The molecule has 0 aromatic heterocycles. The number of nitrogens with zero attached hydrogens (tertiary/aromatic N) is 3. The third-order valence-electron chi connectivity index (χ3n) is 7.82. The first-order valence-electron chi connectivity index (χ1n) is 12.9. The predicted octanol–water partition coefficient (Wildman–Crippen LogP) is 4.82. The molecule has 5 nitrogen and oxygen atoms in total. The Kier molecular flexibility index (Phi) is 6.73. The molecule has 2 unspecified atom stereocenters. The highest BCUT2D eigenvalue weighted by atomic mass is 32.2. The van der Waals surface area contributed by atoms with Crippen molar-refractivity contribution in [3.8, 4) is 0 Å². The van der Waals surface area contributed by atoms with Gasteiger partial charge in [-0.25, -0.2) is 0 Å². The minimum atomic E-state index is -0.713. The summed E-state index contributed by atoms with van der Waals surface area (Å²) in [5, 5.41) is 4.66. The van der Waals surface area contributed by atoms with Crippen LogP contribution in [0.3, 0.4) is 0 Å². The summed E-state index contributed by atoms with van der Waals surface area (Å²) in [5.74, 6) is 0.858. The van der Waals surface area contributed by atoms with Crippen LogP contribution in [0, 0.1) is 6.92 Å². The van der Waals surface area contributed by atoms with E-state index in [9.17, 15) is 4.79 Å². The molecule has 0 spiro atoms. The second-order valence-corrected chi connectivity index (χ2v) is 11.2. The molecule has 4 aliphatic rings. The molecule has 3 heterocycles. The molecule has 2 atom stereocenters. The second-order valence-electron chi connectivity index (χ2n) is 10.2. The molecule has 5 rings (SSSR count). The van der Waals surface area contributed by atoms with Gasteiger partial charge in [-0.3, -0.25) is 9.79 Å². The van der Waals surface area contributed by atoms with Crippen molar-refractivity contribution < 1.29 is 4.79 Å². The summed E-state index contributed by atoms with van der Waals surface area (Å²) in [6.07, 6.45) is 12.0. The first-order valence-corrected chi connectivity index (χ1v) is 13.9. The van der Waals surface area contributed by atoms with Crippen molar-refractivity contribution in [2.45, 2.75) is 82.8 Å². The Hall–Kier alpha value is -1.95. The van der Waals surface area contributed by atoms with Gasteiger partial charge in [-0.2, -0.15) is 0 Å². The highest BCUT2D eigenvalue weighted by Gasteiger charge is 2.52. The first kappa shape index (κ1) is 22.8. The molecule has 178 valence electrons. The molecule has 3 aliphatic heterocycles. The standard InChI is InChI=1S/C27H38N4OS/c1-20-11-13-22(14-12-20)27(25(32)29-23-9-5-3-4-6-10-23)19-33-26(30-15-7-8-16-30)28-18-24-17-21(2)31(24)27/h11-14,17,21,23H,3-10,15-16,18-19H2,1-2H3,(H,29,32). The van der Waals surface area contributed by atoms with E-state index in [-0.39, 0.29) is 18.0 Å². The Morgan fingerprint density at radius 3 is 2.42 bits per heavy atom.